The summed E-state index contributed by atoms with van der Waals surface area (Å²) < 4.78 is 34.3. The topological polar surface area (TPSA) is 50.7 Å². The van der Waals surface area contributed by atoms with Gasteiger partial charge in [-0.2, -0.15) is 0 Å². The van der Waals surface area contributed by atoms with E-state index in [1.165, 1.54) is 14.2 Å². The summed E-state index contributed by atoms with van der Waals surface area (Å²) in [7, 11) is 3.07. The highest BCUT2D eigenvalue weighted by molar-refractivity contribution is 5.38. The molecule has 2 N–H and O–H groups in total. The molecule has 6 heteroatoms. The second-order valence-corrected chi connectivity index (χ2v) is 3.75. The lowest BCUT2D eigenvalue weighted by Crippen LogP contribution is -2.31. The van der Waals surface area contributed by atoms with Crippen molar-refractivity contribution in [1.29, 1.82) is 0 Å². The summed E-state index contributed by atoms with van der Waals surface area (Å²) in [5.41, 5.74) is 0.827. The Bertz CT molecular complexity index is 352. The molecule has 0 saturated heterocycles. The zero-order valence-corrected chi connectivity index (χ0v) is 10.3. The highest BCUT2D eigenvalue weighted by Gasteiger charge is 2.15. The van der Waals surface area contributed by atoms with Crippen LogP contribution in [0.3, 0.4) is 0 Å². The van der Waals surface area contributed by atoms with Crippen molar-refractivity contribution in [2.24, 2.45) is 0 Å². The van der Waals surface area contributed by atoms with Gasteiger partial charge < -0.3 is 19.9 Å². The summed E-state index contributed by atoms with van der Waals surface area (Å²) in [4.78, 5) is 0. The van der Waals surface area contributed by atoms with Crippen LogP contribution < -0.4 is 14.8 Å². The fraction of sp³-hybridized carbons (Fsp3) is 0.500. The number of hydrogen-bond acceptors (Lipinski definition) is 4. The Morgan fingerprint density at radius 3 is 2.17 bits per heavy atom. The number of alkyl halides is 2. The first kappa shape index (κ1) is 14.7. The number of aliphatic hydroxyl groups excluding tert-OH is 1. The van der Waals surface area contributed by atoms with E-state index in [-0.39, 0.29) is 6.54 Å². The van der Waals surface area contributed by atoms with E-state index < -0.39 is 12.5 Å². The van der Waals surface area contributed by atoms with Crippen molar-refractivity contribution in [3.8, 4) is 11.5 Å². The van der Waals surface area contributed by atoms with Gasteiger partial charge in [-0.25, -0.2) is 8.78 Å². The van der Waals surface area contributed by atoms with Crippen molar-refractivity contribution >= 4 is 0 Å². The molecule has 0 amide bonds. The van der Waals surface area contributed by atoms with Crippen LogP contribution in [0, 0.1) is 0 Å². The molecule has 0 aliphatic heterocycles. The first-order chi connectivity index (χ1) is 8.56. The van der Waals surface area contributed by atoms with E-state index in [1.807, 2.05) is 0 Å². The maximum absolute atomic E-state index is 12.1. The van der Waals surface area contributed by atoms with Crippen LogP contribution in [0.2, 0.25) is 0 Å². The van der Waals surface area contributed by atoms with E-state index in [2.05, 4.69) is 5.32 Å². The lowest BCUT2D eigenvalue weighted by Gasteiger charge is -2.12. The molecule has 0 fully saturated rings. The number of hydrogen-bond donors (Lipinski definition) is 2. The van der Waals surface area contributed by atoms with E-state index in [0.717, 1.165) is 5.56 Å². The molecule has 4 nitrogen and oxygen atoms in total. The lowest BCUT2D eigenvalue weighted by atomic mass is 10.2. The summed E-state index contributed by atoms with van der Waals surface area (Å²) in [5.74, 6) is 1.25. The molecule has 0 radical (unpaired) electrons. The van der Waals surface area contributed by atoms with Gasteiger partial charge in [0.15, 0.2) is 0 Å². The number of nitrogens with one attached hydrogen (secondary N) is 1. The van der Waals surface area contributed by atoms with Crippen LogP contribution in [-0.4, -0.2) is 38.4 Å². The molecule has 0 bridgehead atoms. The Balaban J connectivity index is 2.56. The zero-order valence-electron chi connectivity index (χ0n) is 10.3. The number of ether oxygens (including phenoxy) is 2. The van der Waals surface area contributed by atoms with E-state index >= 15 is 0 Å². The van der Waals surface area contributed by atoms with E-state index in [0.29, 0.717) is 18.0 Å². The second-order valence-electron chi connectivity index (χ2n) is 3.75. The third kappa shape index (κ3) is 4.46. The van der Waals surface area contributed by atoms with Gasteiger partial charge in [0.25, 0.3) is 6.43 Å². The number of halogens is 2. The number of methoxy groups -OCH3 is 2. The first-order valence-corrected chi connectivity index (χ1v) is 5.45. The SMILES string of the molecule is COc1cc(CNCC(O)C(F)F)cc(OC)c1. The van der Waals surface area contributed by atoms with Crippen LogP contribution in [0.4, 0.5) is 8.78 Å². The molecule has 1 aromatic rings. The summed E-state index contributed by atoms with van der Waals surface area (Å²) in [6, 6.07) is 5.26. The van der Waals surface area contributed by atoms with Crippen molar-refractivity contribution in [2.75, 3.05) is 20.8 Å². The Kier molecular flexibility index (Phi) is 5.80. The van der Waals surface area contributed by atoms with E-state index in [4.69, 9.17) is 14.6 Å². The maximum atomic E-state index is 12.1. The molecule has 18 heavy (non-hydrogen) atoms. The van der Waals surface area contributed by atoms with Crippen molar-refractivity contribution in [1.82, 2.24) is 5.32 Å². The molecule has 1 atom stereocenters. The summed E-state index contributed by atoms with van der Waals surface area (Å²) >= 11 is 0. The molecular weight excluding hydrogens is 244 g/mol. The van der Waals surface area contributed by atoms with Crippen molar-refractivity contribution in [2.45, 2.75) is 19.1 Å². The molecule has 1 aromatic carbocycles. The molecule has 0 spiro atoms. The smallest absolute Gasteiger partial charge is 0.265 e. The molecule has 0 aliphatic carbocycles. The molecule has 0 saturated carbocycles. The van der Waals surface area contributed by atoms with Crippen LogP contribution in [0.5, 0.6) is 11.5 Å². The van der Waals surface area contributed by atoms with Gasteiger partial charge in [-0.15, -0.1) is 0 Å². The average Bonchev–Trinajstić information content (AvgIpc) is 2.37. The van der Waals surface area contributed by atoms with Gasteiger partial charge in [-0.1, -0.05) is 0 Å². The third-order valence-corrected chi connectivity index (χ3v) is 2.38. The highest BCUT2D eigenvalue weighted by Crippen LogP contribution is 2.22. The molecule has 0 aromatic heterocycles. The minimum atomic E-state index is -2.74. The minimum absolute atomic E-state index is 0.169. The molecule has 1 unspecified atom stereocenters. The summed E-state index contributed by atoms with van der Waals surface area (Å²) in [5, 5.41) is 11.7. The minimum Gasteiger partial charge on any atom is -0.497 e. The molecular formula is C12H17F2NO3. The predicted molar refractivity (Wildman–Crippen MR) is 63.3 cm³/mol. The number of rotatable bonds is 7. The van der Waals surface area contributed by atoms with Crippen molar-refractivity contribution < 1.29 is 23.4 Å². The predicted octanol–water partition coefficient (Wildman–Crippen LogP) is 1.42. The Morgan fingerprint density at radius 1 is 1.17 bits per heavy atom. The lowest BCUT2D eigenvalue weighted by molar-refractivity contribution is -0.00341. The highest BCUT2D eigenvalue weighted by atomic mass is 19.3. The zero-order chi connectivity index (χ0) is 13.5. The largest absolute Gasteiger partial charge is 0.497 e. The molecule has 102 valence electrons. The standard InChI is InChI=1S/C12H17F2NO3/c1-17-9-3-8(4-10(5-9)18-2)6-15-7-11(16)12(13)14/h3-5,11-12,15-16H,6-7H2,1-2H3. The van der Waals surface area contributed by atoms with E-state index in [9.17, 15) is 8.78 Å². The van der Waals surface area contributed by atoms with Gasteiger partial charge in [0, 0.05) is 19.2 Å². The fourth-order valence-electron chi connectivity index (χ4n) is 1.42. The van der Waals surface area contributed by atoms with Gasteiger partial charge in [0.2, 0.25) is 0 Å². The molecule has 0 aliphatic rings. The van der Waals surface area contributed by atoms with Gasteiger partial charge >= 0.3 is 0 Å². The van der Waals surface area contributed by atoms with Crippen molar-refractivity contribution in [3.63, 3.8) is 0 Å². The molecule has 1 rings (SSSR count). The Hall–Kier alpha value is -1.40. The van der Waals surface area contributed by atoms with Crippen LogP contribution in [-0.2, 0) is 6.54 Å². The summed E-state index contributed by atoms with van der Waals surface area (Å²) in [6.45, 7) is 0.175. The van der Waals surface area contributed by atoms with Crippen LogP contribution in [0.25, 0.3) is 0 Å². The third-order valence-electron chi connectivity index (χ3n) is 2.38. The van der Waals surface area contributed by atoms with Crippen LogP contribution in [0.15, 0.2) is 18.2 Å². The Morgan fingerprint density at radius 2 is 1.72 bits per heavy atom. The fourth-order valence-corrected chi connectivity index (χ4v) is 1.42. The number of benzene rings is 1. The van der Waals surface area contributed by atoms with Crippen molar-refractivity contribution in [3.05, 3.63) is 23.8 Å². The van der Waals surface area contributed by atoms with Crippen LogP contribution >= 0.6 is 0 Å². The first-order valence-electron chi connectivity index (χ1n) is 5.45. The quantitative estimate of drug-likeness (QED) is 0.779. The van der Waals surface area contributed by atoms with Gasteiger partial charge in [-0.05, 0) is 17.7 Å². The van der Waals surface area contributed by atoms with Gasteiger partial charge in [0.05, 0.1) is 14.2 Å². The van der Waals surface area contributed by atoms with E-state index in [1.54, 1.807) is 18.2 Å². The van der Waals surface area contributed by atoms with Gasteiger partial charge in [-0.3, -0.25) is 0 Å². The Labute approximate surface area is 105 Å². The maximum Gasteiger partial charge on any atom is 0.265 e. The molecule has 0 heterocycles. The second kappa shape index (κ2) is 7.13. The van der Waals surface area contributed by atoms with Gasteiger partial charge in [0.1, 0.15) is 17.6 Å². The average molecular weight is 261 g/mol. The monoisotopic (exact) mass is 261 g/mol. The van der Waals surface area contributed by atoms with Crippen LogP contribution in [0.1, 0.15) is 5.56 Å². The number of aliphatic hydroxyl groups is 1. The normalized spacial score (nSPS) is 12.6. The summed E-state index contributed by atoms with van der Waals surface area (Å²) in [6.07, 6.45) is -4.39.